The lowest BCUT2D eigenvalue weighted by Crippen LogP contribution is -2.15. The Kier molecular flexibility index (Phi) is 6.27. The van der Waals surface area contributed by atoms with E-state index < -0.39 is 0 Å². The molecule has 3 heterocycles. The highest BCUT2D eigenvalue weighted by atomic mass is 16.3. The largest absolute Gasteiger partial charge is 0.455 e. The third-order valence-corrected chi connectivity index (χ3v) is 11.2. The average molecular weight is 680 g/mol. The Balaban J connectivity index is 1.09. The summed E-state index contributed by atoms with van der Waals surface area (Å²) in [4.78, 5) is 10.2. The highest BCUT2D eigenvalue weighted by Crippen LogP contribution is 2.56. The van der Waals surface area contributed by atoms with Crippen molar-refractivity contribution in [2.24, 2.45) is 0 Å². The number of aromatic nitrogens is 3. The molecule has 0 unspecified atom stereocenters. The molecule has 0 aliphatic heterocycles. The van der Waals surface area contributed by atoms with Crippen molar-refractivity contribution in [2.45, 2.75) is 19.3 Å². The molecule has 4 heteroatoms. The van der Waals surface area contributed by atoms with Gasteiger partial charge in [0.15, 0.2) is 5.82 Å². The number of hydrogen-bond acceptors (Lipinski definition) is 3. The highest BCUT2D eigenvalue weighted by molar-refractivity contribution is 6.17. The van der Waals surface area contributed by atoms with E-state index in [0.717, 1.165) is 50.3 Å². The first-order chi connectivity index (χ1) is 26.0. The molecule has 53 heavy (non-hydrogen) atoms. The van der Waals surface area contributed by atoms with Gasteiger partial charge in [0.25, 0.3) is 0 Å². The third kappa shape index (κ3) is 4.36. The van der Waals surface area contributed by atoms with E-state index in [4.69, 9.17) is 14.4 Å². The summed E-state index contributed by atoms with van der Waals surface area (Å²) < 4.78 is 9.02. The van der Waals surface area contributed by atoms with Crippen LogP contribution in [0.25, 0.3) is 94.5 Å². The molecule has 1 aliphatic rings. The van der Waals surface area contributed by atoms with Crippen LogP contribution >= 0.6 is 0 Å². The molecule has 3 aromatic heterocycles. The van der Waals surface area contributed by atoms with E-state index in [1.165, 1.54) is 49.4 Å². The molecule has 1 aliphatic carbocycles. The number of nitrogens with zero attached hydrogens (tertiary/aromatic N) is 3. The summed E-state index contributed by atoms with van der Waals surface area (Å²) in [6.45, 7) is 4.72. The normalized spacial score (nSPS) is 13.2. The Hall–Kier alpha value is -6.78. The number of benzene rings is 7. The lowest BCUT2D eigenvalue weighted by atomic mass is 9.80. The molecule has 0 saturated carbocycles. The fourth-order valence-corrected chi connectivity index (χ4v) is 8.76. The molecule has 7 aromatic carbocycles. The van der Waals surface area contributed by atoms with Gasteiger partial charge in [0.1, 0.15) is 11.2 Å². The Bertz CT molecular complexity index is 3000. The van der Waals surface area contributed by atoms with Gasteiger partial charge in [-0.3, -0.25) is 0 Å². The summed E-state index contributed by atoms with van der Waals surface area (Å²) in [5.41, 5.74) is 15.2. The predicted octanol–water partition coefficient (Wildman–Crippen LogP) is 12.8. The molecule has 0 spiro atoms. The maximum absolute atomic E-state index is 6.62. The maximum atomic E-state index is 6.62. The van der Waals surface area contributed by atoms with Crippen LogP contribution in [-0.2, 0) is 5.41 Å². The number of fused-ring (bicyclic) bond motifs is 11. The maximum Gasteiger partial charge on any atom is 0.160 e. The fraction of sp³-hybridized carbons (Fsp3) is 0.0612. The summed E-state index contributed by atoms with van der Waals surface area (Å²) >= 11 is 0. The van der Waals surface area contributed by atoms with Gasteiger partial charge in [0.2, 0.25) is 0 Å². The van der Waals surface area contributed by atoms with Crippen LogP contribution in [0.4, 0.5) is 0 Å². The number of rotatable bonds is 4. The summed E-state index contributed by atoms with van der Waals surface area (Å²) in [7, 11) is 0. The Labute approximate surface area is 306 Å². The second-order valence-corrected chi connectivity index (χ2v) is 14.6. The van der Waals surface area contributed by atoms with E-state index in [1.807, 2.05) is 18.2 Å². The van der Waals surface area contributed by atoms with Crippen LogP contribution in [0.5, 0.6) is 0 Å². The van der Waals surface area contributed by atoms with Crippen molar-refractivity contribution >= 4 is 43.7 Å². The van der Waals surface area contributed by atoms with E-state index in [1.54, 1.807) is 0 Å². The second-order valence-electron chi connectivity index (χ2n) is 14.6. The Morgan fingerprint density at radius 3 is 1.89 bits per heavy atom. The number of furan rings is 1. The van der Waals surface area contributed by atoms with Gasteiger partial charge in [-0.25, -0.2) is 9.97 Å². The van der Waals surface area contributed by atoms with Crippen LogP contribution < -0.4 is 0 Å². The molecule has 0 radical (unpaired) electrons. The topological polar surface area (TPSA) is 43.9 Å². The minimum Gasteiger partial charge on any atom is -0.455 e. The van der Waals surface area contributed by atoms with Crippen LogP contribution in [0, 0.1) is 0 Å². The average Bonchev–Trinajstić information content (AvgIpc) is 3.84. The third-order valence-electron chi connectivity index (χ3n) is 11.2. The lowest BCUT2D eigenvalue weighted by molar-refractivity contribution is 0.657. The highest BCUT2D eigenvalue weighted by Gasteiger charge is 2.40. The zero-order chi connectivity index (χ0) is 35.3. The molecular formula is C49H33N3O. The summed E-state index contributed by atoms with van der Waals surface area (Å²) in [6.07, 6.45) is 0. The van der Waals surface area contributed by atoms with Crippen LogP contribution in [0.2, 0.25) is 0 Å². The van der Waals surface area contributed by atoms with Gasteiger partial charge in [0.05, 0.1) is 22.4 Å². The molecule has 11 rings (SSSR count). The minimum absolute atomic E-state index is 0.228. The van der Waals surface area contributed by atoms with E-state index in [9.17, 15) is 0 Å². The molecule has 0 amide bonds. The van der Waals surface area contributed by atoms with Crippen molar-refractivity contribution in [1.29, 1.82) is 0 Å². The zero-order valence-electron chi connectivity index (χ0n) is 29.3. The molecule has 0 atom stereocenters. The summed E-state index contributed by atoms with van der Waals surface area (Å²) in [6, 6.07) is 57.8. The Morgan fingerprint density at radius 1 is 0.528 bits per heavy atom. The quantitative estimate of drug-likeness (QED) is 0.186. The fourth-order valence-electron chi connectivity index (χ4n) is 8.76. The smallest absolute Gasteiger partial charge is 0.160 e. The van der Waals surface area contributed by atoms with E-state index in [0.29, 0.717) is 5.82 Å². The molecule has 250 valence electrons. The molecule has 0 N–H and O–H groups in total. The van der Waals surface area contributed by atoms with Crippen molar-refractivity contribution in [1.82, 2.24) is 14.5 Å². The van der Waals surface area contributed by atoms with Crippen LogP contribution in [-0.4, -0.2) is 14.5 Å². The molecule has 4 nitrogen and oxygen atoms in total. The standard InChI is InChI=1S/C49H33N3O/c1-49(2)38-27-25-35-34-17-10-12-20-43(34)53-47(35)44(38)37-26-28-42-45(46(37)49)36-18-9-11-19-41(36)52(42)33-23-21-32(22-24-33)48-50-39(30-13-5-3-6-14-30)29-40(51-48)31-15-7-4-8-16-31/h3-29H,1-2H3. The van der Waals surface area contributed by atoms with Gasteiger partial charge in [-0.05, 0) is 65.2 Å². The van der Waals surface area contributed by atoms with E-state index in [2.05, 4.69) is 164 Å². The Morgan fingerprint density at radius 2 is 1.17 bits per heavy atom. The van der Waals surface area contributed by atoms with Gasteiger partial charge < -0.3 is 8.98 Å². The number of hydrogen-bond donors (Lipinski definition) is 0. The zero-order valence-corrected chi connectivity index (χ0v) is 29.3. The van der Waals surface area contributed by atoms with Gasteiger partial charge in [-0.1, -0.05) is 129 Å². The van der Waals surface area contributed by atoms with Gasteiger partial charge in [-0.2, -0.15) is 0 Å². The van der Waals surface area contributed by atoms with Crippen molar-refractivity contribution in [2.75, 3.05) is 0 Å². The molecular weight excluding hydrogens is 647 g/mol. The predicted molar refractivity (Wildman–Crippen MR) is 218 cm³/mol. The van der Waals surface area contributed by atoms with Gasteiger partial charge >= 0.3 is 0 Å². The molecule has 0 bridgehead atoms. The molecule has 0 fully saturated rings. The van der Waals surface area contributed by atoms with E-state index in [-0.39, 0.29) is 5.41 Å². The first-order valence-corrected chi connectivity index (χ1v) is 18.2. The summed E-state index contributed by atoms with van der Waals surface area (Å²) in [5, 5.41) is 4.86. The van der Waals surface area contributed by atoms with Crippen molar-refractivity contribution < 1.29 is 4.42 Å². The van der Waals surface area contributed by atoms with Crippen LogP contribution in [0.15, 0.2) is 168 Å². The lowest BCUT2D eigenvalue weighted by Gasteiger charge is -2.22. The monoisotopic (exact) mass is 679 g/mol. The summed E-state index contributed by atoms with van der Waals surface area (Å²) in [5.74, 6) is 0.702. The molecule has 0 saturated heterocycles. The second kappa shape index (κ2) is 11.1. The van der Waals surface area contributed by atoms with Crippen LogP contribution in [0.1, 0.15) is 25.0 Å². The first kappa shape index (κ1) is 29.9. The van der Waals surface area contributed by atoms with E-state index >= 15 is 0 Å². The van der Waals surface area contributed by atoms with Gasteiger partial charge in [-0.15, -0.1) is 0 Å². The van der Waals surface area contributed by atoms with Crippen LogP contribution in [0.3, 0.4) is 0 Å². The van der Waals surface area contributed by atoms with Crippen molar-refractivity contribution in [3.63, 3.8) is 0 Å². The SMILES string of the molecule is CC1(C)c2ccc3c(oc4ccccc43)c2-c2ccc3c(c21)c1ccccc1n3-c1ccc(-c2nc(-c3ccccc3)cc(-c3ccccc3)n2)cc1. The van der Waals surface area contributed by atoms with Gasteiger partial charge in [0, 0.05) is 54.9 Å². The molecule has 10 aromatic rings. The first-order valence-electron chi connectivity index (χ1n) is 18.2. The van der Waals surface area contributed by atoms with Crippen molar-refractivity contribution in [3.05, 3.63) is 175 Å². The minimum atomic E-state index is -0.228. The van der Waals surface area contributed by atoms with Crippen molar-refractivity contribution in [3.8, 4) is 50.7 Å². The number of para-hydroxylation sites is 2.